The van der Waals surface area contributed by atoms with E-state index in [9.17, 15) is 19.8 Å². The Labute approximate surface area is 242 Å². The Morgan fingerprint density at radius 3 is 1.35 bits per heavy atom. The molecule has 0 bridgehead atoms. The first-order valence-corrected chi connectivity index (χ1v) is 13.1. The van der Waals surface area contributed by atoms with Gasteiger partial charge < -0.3 is 30.4 Å². The minimum Gasteiger partial charge on any atom is -0.507 e. The number of aromatic carboxylic acids is 2. The van der Waals surface area contributed by atoms with Gasteiger partial charge in [-0.15, -0.1) is 0 Å². The number of hydrogen-bond donors (Lipinski definition) is 6. The summed E-state index contributed by atoms with van der Waals surface area (Å²) in [5, 5.41) is 36.9. The average Bonchev–Trinajstić information content (AvgIpc) is 3.55. The molecule has 2 aromatic heterocycles. The van der Waals surface area contributed by atoms with Crippen molar-refractivity contribution in [3.8, 4) is 34.3 Å². The van der Waals surface area contributed by atoms with Crippen molar-refractivity contribution in [3.63, 3.8) is 0 Å². The highest BCUT2D eigenvalue weighted by Crippen LogP contribution is 2.31. The molecule has 0 spiro atoms. The van der Waals surface area contributed by atoms with Crippen molar-refractivity contribution < 1.29 is 30.0 Å². The van der Waals surface area contributed by atoms with Crippen molar-refractivity contribution in [2.45, 2.75) is 0 Å². The molecule has 10 nitrogen and oxygen atoms in total. The first kappa shape index (κ1) is 26.9. The van der Waals surface area contributed by atoms with Gasteiger partial charge in [-0.05, 0) is 105 Å². The summed E-state index contributed by atoms with van der Waals surface area (Å²) < 4.78 is 1.14. The number of carboxylic acids is 2. The number of nitrogens with one attached hydrogen (secondary N) is 2. The molecule has 12 heteroatoms. The van der Waals surface area contributed by atoms with Crippen molar-refractivity contribution >= 4 is 65.9 Å². The summed E-state index contributed by atoms with van der Waals surface area (Å²) in [7, 11) is 0. The first-order chi connectivity index (χ1) is 19.1. The molecule has 0 fully saturated rings. The van der Waals surface area contributed by atoms with E-state index in [0.717, 1.165) is 11.1 Å². The van der Waals surface area contributed by atoms with Gasteiger partial charge in [-0.3, -0.25) is 0 Å². The number of benzene rings is 4. The van der Waals surface area contributed by atoms with Gasteiger partial charge in [-0.2, -0.15) is 0 Å². The number of phenols is 2. The van der Waals surface area contributed by atoms with Crippen LogP contribution in [-0.2, 0) is 0 Å². The molecule has 4 aromatic carbocycles. The van der Waals surface area contributed by atoms with E-state index in [4.69, 9.17) is 10.2 Å². The number of aromatic nitrogens is 4. The van der Waals surface area contributed by atoms with Gasteiger partial charge in [0.25, 0.3) is 0 Å². The van der Waals surface area contributed by atoms with Gasteiger partial charge in [-0.1, -0.05) is 0 Å². The fraction of sp³-hybridized carbons (Fsp3) is 0. The number of halogens is 2. The van der Waals surface area contributed by atoms with Crippen molar-refractivity contribution in [1.82, 2.24) is 19.9 Å². The highest BCUT2D eigenvalue weighted by atomic mass is 79.9. The molecule has 0 atom stereocenters. The smallest absolute Gasteiger partial charge is 0.335 e. The van der Waals surface area contributed by atoms with Crippen molar-refractivity contribution in [2.75, 3.05) is 0 Å². The molecular formula is C28H18Br2N4O6. The second-order valence-corrected chi connectivity index (χ2v) is 10.3. The van der Waals surface area contributed by atoms with Crippen molar-refractivity contribution in [3.05, 3.63) is 92.9 Å². The summed E-state index contributed by atoms with van der Waals surface area (Å²) in [6.07, 6.45) is 0. The summed E-state index contributed by atoms with van der Waals surface area (Å²) in [4.78, 5) is 36.8. The van der Waals surface area contributed by atoms with Crippen LogP contribution >= 0.6 is 31.9 Å². The van der Waals surface area contributed by atoms with Crippen molar-refractivity contribution in [2.24, 2.45) is 0 Å². The van der Waals surface area contributed by atoms with Crippen LogP contribution in [0.25, 0.3) is 44.8 Å². The molecule has 200 valence electrons. The van der Waals surface area contributed by atoms with E-state index in [1.807, 2.05) is 0 Å². The van der Waals surface area contributed by atoms with Crippen LogP contribution in [-0.4, -0.2) is 52.3 Å². The second-order valence-electron chi connectivity index (χ2n) is 8.58. The van der Waals surface area contributed by atoms with Gasteiger partial charge in [0.15, 0.2) is 0 Å². The molecule has 6 N–H and O–H groups in total. The summed E-state index contributed by atoms with van der Waals surface area (Å²) in [5.74, 6) is -0.423. The highest BCUT2D eigenvalue weighted by Gasteiger charge is 2.11. The molecule has 0 aliphatic heterocycles. The maximum Gasteiger partial charge on any atom is 0.335 e. The molecule has 2 heterocycles. The summed E-state index contributed by atoms with van der Waals surface area (Å²) in [5.41, 5.74) is 4.70. The third-order valence-electron chi connectivity index (χ3n) is 5.90. The van der Waals surface area contributed by atoms with E-state index < -0.39 is 11.9 Å². The maximum atomic E-state index is 10.9. The van der Waals surface area contributed by atoms with Crippen LogP contribution in [0.2, 0.25) is 0 Å². The zero-order chi connectivity index (χ0) is 28.6. The molecule has 0 aliphatic carbocycles. The Balaban J connectivity index is 0.000000161. The minimum atomic E-state index is -0.976. The molecule has 0 aliphatic rings. The number of hydrogen-bond acceptors (Lipinski definition) is 6. The standard InChI is InChI=1S/2C14H9BrN2O3/c2*15-9-5-7(2-4-12(9)18)13-16-10-3-1-8(14(19)20)6-11(10)17-13/h2*1-6,18H,(H,16,17)(H,19,20). The summed E-state index contributed by atoms with van der Waals surface area (Å²) >= 11 is 6.50. The lowest BCUT2D eigenvalue weighted by molar-refractivity contribution is 0.0686. The molecule has 6 rings (SSSR count). The highest BCUT2D eigenvalue weighted by molar-refractivity contribution is 9.10. The lowest BCUT2D eigenvalue weighted by Gasteiger charge is -1.99. The lowest BCUT2D eigenvalue weighted by atomic mass is 10.2. The number of imidazole rings is 2. The fourth-order valence-electron chi connectivity index (χ4n) is 3.87. The number of phenolic OH excluding ortho intramolecular Hbond substituents is 2. The molecule has 40 heavy (non-hydrogen) atoms. The lowest BCUT2D eigenvalue weighted by Crippen LogP contribution is -1.94. The minimum absolute atomic E-state index is 0.151. The number of carboxylic acid groups (broad SMARTS) is 2. The molecule has 0 unspecified atom stereocenters. The Hall–Kier alpha value is -4.68. The van der Waals surface area contributed by atoms with Gasteiger partial charge in [-0.25, -0.2) is 19.6 Å². The molecule has 0 saturated heterocycles. The van der Waals surface area contributed by atoms with E-state index >= 15 is 0 Å². The van der Waals surface area contributed by atoms with Crippen LogP contribution in [0.4, 0.5) is 0 Å². The topological polar surface area (TPSA) is 172 Å². The Morgan fingerprint density at radius 2 is 1.00 bits per heavy atom. The predicted molar refractivity (Wildman–Crippen MR) is 156 cm³/mol. The van der Waals surface area contributed by atoms with Crippen LogP contribution in [0.1, 0.15) is 20.7 Å². The largest absolute Gasteiger partial charge is 0.507 e. The number of nitrogens with zero attached hydrogens (tertiary/aromatic N) is 2. The van der Waals surface area contributed by atoms with Gasteiger partial charge in [0, 0.05) is 11.1 Å². The van der Waals surface area contributed by atoms with E-state index in [0.29, 0.717) is 42.7 Å². The predicted octanol–water partition coefficient (Wildman–Crippen LogP) is 6.79. The van der Waals surface area contributed by atoms with E-state index in [1.165, 1.54) is 12.1 Å². The second kappa shape index (κ2) is 10.8. The summed E-state index contributed by atoms with van der Waals surface area (Å²) in [6, 6.07) is 19.5. The van der Waals surface area contributed by atoms with Gasteiger partial charge >= 0.3 is 11.9 Å². The van der Waals surface area contributed by atoms with Gasteiger partial charge in [0.05, 0.1) is 42.1 Å². The Kier molecular flexibility index (Phi) is 7.28. The molecular weight excluding hydrogens is 648 g/mol. The van der Waals surface area contributed by atoms with E-state index in [1.54, 1.807) is 60.7 Å². The molecule has 0 amide bonds. The van der Waals surface area contributed by atoms with Crippen LogP contribution in [0.5, 0.6) is 11.5 Å². The van der Waals surface area contributed by atoms with Gasteiger partial charge in [0.1, 0.15) is 23.1 Å². The number of aromatic hydroxyl groups is 2. The number of H-pyrrole nitrogens is 2. The number of fused-ring (bicyclic) bond motifs is 2. The first-order valence-electron chi connectivity index (χ1n) is 11.5. The maximum absolute atomic E-state index is 10.9. The van der Waals surface area contributed by atoms with Crippen molar-refractivity contribution in [1.29, 1.82) is 0 Å². The molecule has 0 saturated carbocycles. The van der Waals surface area contributed by atoms with E-state index in [2.05, 4.69) is 51.8 Å². The zero-order valence-corrected chi connectivity index (χ0v) is 23.4. The zero-order valence-electron chi connectivity index (χ0n) is 20.2. The van der Waals surface area contributed by atoms with Crippen LogP contribution in [0.3, 0.4) is 0 Å². The summed E-state index contributed by atoms with van der Waals surface area (Å²) in [6.45, 7) is 0. The molecule has 6 aromatic rings. The molecule has 0 radical (unpaired) electrons. The number of carbonyl (C=O) groups is 2. The van der Waals surface area contributed by atoms with Crippen LogP contribution < -0.4 is 0 Å². The Bertz CT molecular complexity index is 1790. The van der Waals surface area contributed by atoms with Crippen LogP contribution in [0, 0.1) is 0 Å². The Morgan fingerprint density at radius 1 is 0.600 bits per heavy atom. The average molecular weight is 666 g/mol. The third-order valence-corrected chi connectivity index (χ3v) is 7.17. The monoisotopic (exact) mass is 664 g/mol. The fourth-order valence-corrected chi connectivity index (χ4v) is 4.62. The quantitative estimate of drug-likeness (QED) is 0.119. The van der Waals surface area contributed by atoms with E-state index in [-0.39, 0.29) is 22.6 Å². The van der Waals surface area contributed by atoms with Gasteiger partial charge in [0.2, 0.25) is 0 Å². The van der Waals surface area contributed by atoms with Crippen LogP contribution in [0.15, 0.2) is 81.7 Å². The number of rotatable bonds is 4. The third kappa shape index (κ3) is 5.53. The SMILES string of the molecule is O=C(O)c1ccc2nc(-c3ccc(O)c(Br)c3)[nH]c2c1.O=C(O)c1ccc2nc(-c3ccc(O)c(Br)c3)[nH]c2c1. The number of aromatic amines is 2. The normalized spacial score (nSPS) is 10.8.